The van der Waals surface area contributed by atoms with E-state index in [1.54, 1.807) is 0 Å². The van der Waals surface area contributed by atoms with E-state index >= 15 is 0 Å². The molecule has 1 rings (SSSR count). The average Bonchev–Trinajstić information content (AvgIpc) is 2.22. The van der Waals surface area contributed by atoms with Gasteiger partial charge in [0.05, 0.1) is 2.74 Å². The van der Waals surface area contributed by atoms with Gasteiger partial charge in [0.15, 0.2) is 0 Å². The molecule has 54 valence electrons. The van der Waals surface area contributed by atoms with Crippen molar-refractivity contribution < 1.29 is 18.8 Å². The minimum Gasteiger partial charge on any atom is -0.507 e. The Labute approximate surface area is 76.9 Å². The summed E-state index contributed by atoms with van der Waals surface area (Å²) in [6, 6.07) is -1.79. The monoisotopic (exact) mass is 147 g/mol. The summed E-state index contributed by atoms with van der Waals surface area (Å²) < 4.78 is 81.1. The number of hydrogen-bond acceptors (Lipinski definition) is 1. The van der Waals surface area contributed by atoms with Crippen LogP contribution in [0, 0.1) is 20.6 Å². The zero-order chi connectivity index (χ0) is 16.7. The number of rotatable bonds is 1. The molecular formula is C9H12O. The van der Waals surface area contributed by atoms with Crippen LogP contribution in [0.4, 0.5) is 0 Å². The van der Waals surface area contributed by atoms with E-state index in [0.717, 1.165) is 0 Å². The number of hydrogen-bond donors (Lipinski definition) is 1. The second kappa shape index (κ2) is 2.33. The lowest BCUT2D eigenvalue weighted by Gasteiger charge is -2.03. The van der Waals surface area contributed by atoms with E-state index < -0.39 is 55.1 Å². The highest BCUT2D eigenvalue weighted by atomic mass is 16.3. The maximum atomic E-state index is 7.75. The molecule has 1 N–H and O–H groups in total. The van der Waals surface area contributed by atoms with Crippen molar-refractivity contribution in [1.29, 1.82) is 1.43 Å². The maximum absolute atomic E-state index is 7.75. The third-order valence-corrected chi connectivity index (χ3v) is 0.981. The van der Waals surface area contributed by atoms with Crippen LogP contribution in [0.1, 0.15) is 30.4 Å². The molecule has 0 spiro atoms. The van der Waals surface area contributed by atoms with Gasteiger partial charge in [0.25, 0.3) is 1.43 Å². The van der Waals surface area contributed by atoms with Crippen molar-refractivity contribution in [2.24, 2.45) is 0 Å². The van der Waals surface area contributed by atoms with Crippen LogP contribution in [-0.4, -0.2) is 6.54 Å². The molecule has 0 radical (unpaired) electrons. The fraction of sp³-hybridized carbons (Fsp3) is 0.333. The molecule has 0 atom stereocenters. The van der Waals surface area contributed by atoms with Crippen molar-refractivity contribution in [3.8, 4) is 5.75 Å². The lowest BCUT2D eigenvalue weighted by atomic mass is 10.1. The van der Waals surface area contributed by atoms with E-state index in [4.69, 9.17) is 15.1 Å². The van der Waals surface area contributed by atoms with E-state index in [9.17, 15) is 0 Å². The molecule has 0 bridgehead atoms. The van der Waals surface area contributed by atoms with Crippen LogP contribution in [0.2, 0.25) is 0 Å². The Morgan fingerprint density at radius 3 is 3.00 bits per heavy atom. The van der Waals surface area contributed by atoms with Gasteiger partial charge in [-0.05, 0) is 31.7 Å². The third-order valence-electron chi connectivity index (χ3n) is 0.981. The van der Waals surface area contributed by atoms with Gasteiger partial charge in [-0.25, -0.2) is 0 Å². The van der Waals surface area contributed by atoms with Crippen LogP contribution in [0.15, 0.2) is 12.1 Å². The summed E-state index contributed by atoms with van der Waals surface area (Å²) in [7, 11) is 0. The highest BCUT2D eigenvalue weighted by Gasteiger charge is 1.98. The van der Waals surface area contributed by atoms with Crippen molar-refractivity contribution in [1.82, 2.24) is 0 Å². The molecular weight excluding hydrogens is 124 g/mol. The summed E-state index contributed by atoms with van der Waals surface area (Å²) in [6.45, 7) is -7.87. The largest absolute Gasteiger partial charge is 0.507 e. The fourth-order valence-electron chi connectivity index (χ4n) is 0.539. The normalized spacial score (nSPS) is 28.3. The van der Waals surface area contributed by atoms with Crippen LogP contribution in [0.3, 0.4) is 0 Å². The van der Waals surface area contributed by atoms with E-state index in [0.29, 0.717) is 0 Å². The van der Waals surface area contributed by atoms with E-state index in [2.05, 4.69) is 5.11 Å². The molecule has 0 amide bonds. The SMILES string of the molecule is [2H]Oc1c(C([2H])[2H])c([2H])c(C([2H])([2H])[2H])c([2H])c1C([2H])([2H])[2H]. The molecule has 0 aliphatic heterocycles. The van der Waals surface area contributed by atoms with E-state index in [1.807, 2.05) is 0 Å². The van der Waals surface area contributed by atoms with Gasteiger partial charge in [0.2, 0.25) is 0 Å². The predicted octanol–water partition coefficient (Wildman–Crippen LogP) is 2.32. The smallest absolute Gasteiger partial charge is 0.293 e. The highest BCUT2D eigenvalue weighted by molar-refractivity contribution is 5.41. The quantitative estimate of drug-likeness (QED) is 0.646. The average molecular weight is 147 g/mol. The Morgan fingerprint density at radius 2 is 2.40 bits per heavy atom. The van der Waals surface area contributed by atoms with Crippen molar-refractivity contribution in [2.75, 3.05) is 0 Å². The summed E-state index contributed by atoms with van der Waals surface area (Å²) in [5, 5.41) is 4.12. The van der Waals surface area contributed by atoms with Crippen molar-refractivity contribution in [3.63, 3.8) is 0 Å². The molecule has 10 heavy (non-hydrogen) atoms. The first kappa shape index (κ1) is 1.45. The van der Waals surface area contributed by atoms with Crippen LogP contribution < -0.4 is 0 Å². The van der Waals surface area contributed by atoms with E-state index in [-0.39, 0.29) is 0 Å². The molecule has 0 unspecified atom stereocenters. The highest BCUT2D eigenvalue weighted by Crippen LogP contribution is 2.21. The lowest BCUT2D eigenvalue weighted by Crippen LogP contribution is -1.81. The molecule has 1 aromatic rings. The topological polar surface area (TPSA) is 20.2 Å². The Hall–Kier alpha value is -0.980. The number of phenolic OH excluding ortho intramolecular Hbond substituents is 1. The molecule has 0 saturated heterocycles. The Balaban J connectivity index is 4.02. The molecule has 0 heterocycles. The second-order valence-corrected chi connectivity index (χ2v) is 1.74. The first-order valence-electron chi connectivity index (χ1n) is 8.06. The van der Waals surface area contributed by atoms with Gasteiger partial charge in [-0.3, -0.25) is 0 Å². The maximum Gasteiger partial charge on any atom is 0.293 e. The summed E-state index contributed by atoms with van der Waals surface area (Å²) in [6.07, 6.45) is 0. The number of phenols is 1. The zero-order valence-electron chi connectivity index (χ0n) is 16.0. The minimum atomic E-state index is -2.98. The summed E-state index contributed by atoms with van der Waals surface area (Å²) >= 11 is 0. The van der Waals surface area contributed by atoms with E-state index in [1.165, 1.54) is 0 Å². The molecule has 0 aromatic heterocycles. The molecule has 0 saturated carbocycles. The van der Waals surface area contributed by atoms with Gasteiger partial charge in [0, 0.05) is 11.0 Å². The summed E-state index contributed by atoms with van der Waals surface area (Å²) in [5.74, 6) is -0.798. The fourth-order valence-corrected chi connectivity index (χ4v) is 0.539. The Bertz CT molecular complexity index is 542. The summed E-state index contributed by atoms with van der Waals surface area (Å²) in [4.78, 5) is 0. The van der Waals surface area contributed by atoms with Crippen LogP contribution in [-0.2, 0) is 0 Å². The molecule has 1 heteroatoms. The van der Waals surface area contributed by atoms with Gasteiger partial charge in [-0.2, -0.15) is 0 Å². The summed E-state index contributed by atoms with van der Waals surface area (Å²) in [5.41, 5.74) is -2.40. The first-order chi connectivity index (χ1) is 9.34. The minimum absolute atomic E-state index is 0.654. The van der Waals surface area contributed by atoms with Gasteiger partial charge >= 0.3 is 0 Å². The Morgan fingerprint density at radius 1 is 1.50 bits per heavy atom. The van der Waals surface area contributed by atoms with Gasteiger partial charge in [-0.15, -0.1) is 0 Å². The van der Waals surface area contributed by atoms with Crippen molar-refractivity contribution in [3.05, 3.63) is 28.8 Å². The van der Waals surface area contributed by atoms with Gasteiger partial charge < -0.3 is 5.11 Å². The zero-order valence-corrected chi connectivity index (χ0v) is 4.99. The molecule has 1 aromatic carbocycles. The van der Waals surface area contributed by atoms with Gasteiger partial charge in [-0.1, -0.05) is 17.6 Å². The standard InChI is InChI=1S/C9H12O/c1-6-4-7(2)9(10)8(3)5-6/h4-5,10H,1-3H3/i1D3,2D2,3D3,4D,5D/hD. The predicted molar refractivity (Wildman–Crippen MR) is 42.3 cm³/mol. The first-order valence-corrected chi connectivity index (χ1v) is 2.49. The number of aromatic hydroxyl groups is 1. The van der Waals surface area contributed by atoms with Crippen molar-refractivity contribution >= 4 is 0 Å². The molecule has 0 aliphatic rings. The lowest BCUT2D eigenvalue weighted by molar-refractivity contribution is 0.466. The molecule has 1 nitrogen and oxygen atoms in total. The second-order valence-electron chi connectivity index (χ2n) is 1.74. The molecule has 0 fully saturated rings. The van der Waals surface area contributed by atoms with Crippen LogP contribution in [0.25, 0.3) is 0 Å². The number of benzene rings is 1. The third kappa shape index (κ3) is 1.13. The van der Waals surface area contributed by atoms with Gasteiger partial charge in [0.1, 0.15) is 5.75 Å². The molecule has 0 aliphatic carbocycles. The van der Waals surface area contributed by atoms with Crippen LogP contribution in [0.5, 0.6) is 5.75 Å². The Kier molecular flexibility index (Phi) is 0.337. The van der Waals surface area contributed by atoms with Crippen LogP contribution >= 0.6 is 0 Å². The van der Waals surface area contributed by atoms with Crippen molar-refractivity contribution in [2.45, 2.75) is 20.6 Å².